The smallest absolute Gasteiger partial charge is 0.138 e. The largest absolute Gasteiger partial charge is 0.373 e. The van der Waals surface area contributed by atoms with Crippen molar-refractivity contribution in [3.63, 3.8) is 0 Å². The van der Waals surface area contributed by atoms with E-state index in [1.807, 2.05) is 0 Å². The molecular formula is C11H10Cl2O2. The zero-order chi connectivity index (χ0) is 10.8. The monoisotopic (exact) mass is 244 g/mol. The summed E-state index contributed by atoms with van der Waals surface area (Å²) in [6, 6.07) is 5.24. The lowest BCUT2D eigenvalue weighted by Gasteiger charge is -2.22. The number of hydrogen-bond donors (Lipinski definition) is 0. The first kappa shape index (κ1) is 10.9. The van der Waals surface area contributed by atoms with Gasteiger partial charge in [0.25, 0.3) is 0 Å². The van der Waals surface area contributed by atoms with Crippen molar-refractivity contribution in [2.75, 3.05) is 6.61 Å². The topological polar surface area (TPSA) is 26.3 Å². The molecule has 1 aromatic rings. The summed E-state index contributed by atoms with van der Waals surface area (Å²) in [6.45, 7) is 0.480. The van der Waals surface area contributed by atoms with Crippen LogP contribution >= 0.6 is 23.2 Å². The Morgan fingerprint density at radius 3 is 2.47 bits per heavy atom. The molecule has 1 heterocycles. The molecule has 15 heavy (non-hydrogen) atoms. The van der Waals surface area contributed by atoms with E-state index >= 15 is 0 Å². The average molecular weight is 245 g/mol. The van der Waals surface area contributed by atoms with Gasteiger partial charge in [0.05, 0.1) is 12.7 Å². The van der Waals surface area contributed by atoms with Gasteiger partial charge in [0.2, 0.25) is 0 Å². The van der Waals surface area contributed by atoms with Crippen molar-refractivity contribution in [1.29, 1.82) is 0 Å². The average Bonchev–Trinajstić information content (AvgIpc) is 2.16. The van der Waals surface area contributed by atoms with Crippen LogP contribution in [0.5, 0.6) is 0 Å². The maximum Gasteiger partial charge on any atom is 0.138 e. The molecule has 1 aromatic carbocycles. The molecule has 0 aliphatic carbocycles. The van der Waals surface area contributed by atoms with Crippen LogP contribution in [0.15, 0.2) is 18.2 Å². The predicted octanol–water partition coefficient (Wildman–Crippen LogP) is 3.41. The standard InChI is InChI=1S/C11H10Cl2O2/c12-8-3-7(4-9(13)5-8)11-6-10(14)1-2-15-11/h3-5,11H,1-2,6H2. The first-order valence-corrected chi connectivity index (χ1v) is 5.50. The molecule has 0 radical (unpaired) electrons. The number of hydrogen-bond acceptors (Lipinski definition) is 2. The normalized spacial score (nSPS) is 21.7. The Morgan fingerprint density at radius 2 is 1.87 bits per heavy atom. The van der Waals surface area contributed by atoms with Crippen LogP contribution in [0.4, 0.5) is 0 Å². The van der Waals surface area contributed by atoms with E-state index < -0.39 is 0 Å². The Hall–Kier alpha value is -0.570. The molecule has 1 saturated heterocycles. The van der Waals surface area contributed by atoms with Gasteiger partial charge < -0.3 is 4.74 Å². The fourth-order valence-corrected chi connectivity index (χ4v) is 2.20. The van der Waals surface area contributed by atoms with Crippen LogP contribution in [0.1, 0.15) is 24.5 Å². The second kappa shape index (κ2) is 4.52. The van der Waals surface area contributed by atoms with Gasteiger partial charge in [0.1, 0.15) is 5.78 Å². The van der Waals surface area contributed by atoms with Crippen LogP contribution in [0, 0.1) is 0 Å². The summed E-state index contributed by atoms with van der Waals surface area (Å²) in [7, 11) is 0. The molecule has 0 spiro atoms. The highest BCUT2D eigenvalue weighted by molar-refractivity contribution is 6.34. The molecule has 1 atom stereocenters. The number of halogens is 2. The zero-order valence-corrected chi connectivity index (χ0v) is 9.52. The van der Waals surface area contributed by atoms with Crippen molar-refractivity contribution in [3.8, 4) is 0 Å². The molecule has 2 nitrogen and oxygen atoms in total. The summed E-state index contributed by atoms with van der Waals surface area (Å²) in [5.41, 5.74) is 0.876. The summed E-state index contributed by atoms with van der Waals surface area (Å²) in [6.07, 6.45) is 0.726. The third kappa shape index (κ3) is 2.71. The molecule has 0 N–H and O–H groups in total. The minimum atomic E-state index is -0.192. The molecule has 1 unspecified atom stereocenters. The Bertz CT molecular complexity index is 370. The molecule has 0 amide bonds. The van der Waals surface area contributed by atoms with Crippen molar-refractivity contribution in [2.45, 2.75) is 18.9 Å². The number of Topliss-reactive ketones (excluding diaryl/α,β-unsaturated/α-hetero) is 1. The second-order valence-corrected chi connectivity index (χ2v) is 4.43. The number of ketones is 1. The highest BCUT2D eigenvalue weighted by Gasteiger charge is 2.22. The molecule has 1 fully saturated rings. The van der Waals surface area contributed by atoms with E-state index in [9.17, 15) is 4.79 Å². The predicted molar refractivity (Wildman–Crippen MR) is 59.4 cm³/mol. The molecule has 0 bridgehead atoms. The fraction of sp³-hybridized carbons (Fsp3) is 0.364. The number of rotatable bonds is 1. The van der Waals surface area contributed by atoms with E-state index in [-0.39, 0.29) is 11.9 Å². The molecule has 80 valence electrons. The summed E-state index contributed by atoms with van der Waals surface area (Å²) >= 11 is 11.8. The lowest BCUT2D eigenvalue weighted by molar-refractivity contribution is -0.128. The number of ether oxygens (including phenoxy) is 1. The number of benzene rings is 1. The molecule has 2 rings (SSSR count). The van der Waals surface area contributed by atoms with E-state index in [0.29, 0.717) is 29.5 Å². The zero-order valence-electron chi connectivity index (χ0n) is 8.00. The van der Waals surface area contributed by atoms with Crippen molar-refractivity contribution >= 4 is 29.0 Å². The SMILES string of the molecule is O=C1CCOC(c2cc(Cl)cc(Cl)c2)C1. The van der Waals surface area contributed by atoms with Crippen molar-refractivity contribution in [1.82, 2.24) is 0 Å². The van der Waals surface area contributed by atoms with E-state index in [4.69, 9.17) is 27.9 Å². The van der Waals surface area contributed by atoms with Gasteiger partial charge >= 0.3 is 0 Å². The van der Waals surface area contributed by atoms with Gasteiger partial charge in [-0.05, 0) is 23.8 Å². The van der Waals surface area contributed by atoms with E-state index in [0.717, 1.165) is 5.56 Å². The molecule has 1 aliphatic heterocycles. The molecule has 0 aromatic heterocycles. The van der Waals surface area contributed by atoms with Gasteiger partial charge in [0.15, 0.2) is 0 Å². The lowest BCUT2D eigenvalue weighted by Crippen LogP contribution is -2.19. The summed E-state index contributed by atoms with van der Waals surface area (Å²) < 4.78 is 5.51. The number of carbonyl (C=O) groups is 1. The summed E-state index contributed by atoms with van der Waals surface area (Å²) in [4.78, 5) is 11.3. The van der Waals surface area contributed by atoms with Crippen molar-refractivity contribution in [2.24, 2.45) is 0 Å². The highest BCUT2D eigenvalue weighted by atomic mass is 35.5. The minimum absolute atomic E-state index is 0.192. The third-order valence-electron chi connectivity index (χ3n) is 2.37. The van der Waals surface area contributed by atoms with Gasteiger partial charge in [-0.2, -0.15) is 0 Å². The van der Waals surface area contributed by atoms with Crippen LogP contribution in [0.3, 0.4) is 0 Å². The van der Waals surface area contributed by atoms with Crippen LogP contribution in [0.2, 0.25) is 10.0 Å². The van der Waals surface area contributed by atoms with Crippen LogP contribution in [0.25, 0.3) is 0 Å². The van der Waals surface area contributed by atoms with Gasteiger partial charge in [-0.1, -0.05) is 23.2 Å². The molecule has 4 heteroatoms. The van der Waals surface area contributed by atoms with Crippen LogP contribution in [-0.4, -0.2) is 12.4 Å². The van der Waals surface area contributed by atoms with Crippen LogP contribution < -0.4 is 0 Å². The van der Waals surface area contributed by atoms with E-state index in [1.54, 1.807) is 18.2 Å². The van der Waals surface area contributed by atoms with Crippen LogP contribution in [-0.2, 0) is 9.53 Å². The Morgan fingerprint density at radius 1 is 1.20 bits per heavy atom. The van der Waals surface area contributed by atoms with Gasteiger partial charge in [-0.3, -0.25) is 4.79 Å². The highest BCUT2D eigenvalue weighted by Crippen LogP contribution is 2.30. The summed E-state index contributed by atoms with van der Waals surface area (Å²) in [5.74, 6) is 0.224. The second-order valence-electron chi connectivity index (χ2n) is 3.56. The maximum absolute atomic E-state index is 11.3. The van der Waals surface area contributed by atoms with E-state index in [2.05, 4.69) is 0 Å². The Kier molecular flexibility index (Phi) is 3.29. The van der Waals surface area contributed by atoms with Crippen molar-refractivity contribution < 1.29 is 9.53 Å². The number of carbonyl (C=O) groups excluding carboxylic acids is 1. The Labute approximate surface area is 98.1 Å². The third-order valence-corrected chi connectivity index (χ3v) is 2.81. The minimum Gasteiger partial charge on any atom is -0.373 e. The fourth-order valence-electron chi connectivity index (χ4n) is 1.66. The first-order valence-electron chi connectivity index (χ1n) is 4.74. The van der Waals surface area contributed by atoms with E-state index in [1.165, 1.54) is 0 Å². The molecule has 0 saturated carbocycles. The van der Waals surface area contributed by atoms with Crippen molar-refractivity contribution in [3.05, 3.63) is 33.8 Å². The lowest BCUT2D eigenvalue weighted by atomic mass is 10.0. The van der Waals surface area contributed by atoms with Gasteiger partial charge in [0, 0.05) is 22.9 Å². The van der Waals surface area contributed by atoms with Gasteiger partial charge in [-0.15, -0.1) is 0 Å². The Balaban J connectivity index is 2.24. The molecular weight excluding hydrogens is 235 g/mol. The maximum atomic E-state index is 11.3. The molecule has 1 aliphatic rings. The quantitative estimate of drug-likeness (QED) is 0.757. The summed E-state index contributed by atoms with van der Waals surface area (Å²) in [5, 5.41) is 1.14. The van der Waals surface area contributed by atoms with Gasteiger partial charge in [-0.25, -0.2) is 0 Å². The first-order chi connectivity index (χ1) is 7.15.